The highest BCUT2D eigenvalue weighted by atomic mass is 35.7. The number of aryl methyl sites for hydroxylation is 1. The molecule has 1 aromatic heterocycles. The van der Waals surface area contributed by atoms with Crippen molar-refractivity contribution < 1.29 is 12.6 Å². The first kappa shape index (κ1) is 11.2. The summed E-state index contributed by atoms with van der Waals surface area (Å²) in [6, 6.07) is 6.89. The van der Waals surface area contributed by atoms with Crippen molar-refractivity contribution in [1.29, 1.82) is 0 Å². The van der Waals surface area contributed by atoms with Crippen LogP contribution >= 0.6 is 10.7 Å². The van der Waals surface area contributed by atoms with Crippen molar-refractivity contribution in [3.8, 4) is 5.75 Å². The van der Waals surface area contributed by atoms with Crippen LogP contribution in [0.3, 0.4) is 0 Å². The molecule has 0 aliphatic rings. The number of hydrogen-bond acceptors (Lipinski definition) is 4. The second kappa shape index (κ2) is 3.92. The molecule has 16 heavy (non-hydrogen) atoms. The number of benzene rings is 1. The van der Waals surface area contributed by atoms with Crippen LogP contribution in [0.5, 0.6) is 5.75 Å². The fourth-order valence-electron chi connectivity index (χ4n) is 1.42. The summed E-state index contributed by atoms with van der Waals surface area (Å²) in [6.07, 6.45) is 1.63. The Bertz CT molecular complexity index is 640. The zero-order chi connectivity index (χ0) is 11.8. The van der Waals surface area contributed by atoms with Crippen LogP contribution in [0.2, 0.25) is 0 Å². The second-order valence-corrected chi connectivity index (χ2v) is 5.40. The molecule has 6 heteroatoms. The molecule has 0 spiro atoms. The molecular formula is C10H8ClNO3S. The van der Waals surface area contributed by atoms with Gasteiger partial charge in [0, 0.05) is 11.6 Å². The maximum Gasteiger partial charge on any atom is 0.401 e. The Morgan fingerprint density at radius 1 is 1.38 bits per heavy atom. The van der Waals surface area contributed by atoms with E-state index < -0.39 is 9.33 Å². The highest BCUT2D eigenvalue weighted by Gasteiger charge is 2.11. The average molecular weight is 258 g/mol. The summed E-state index contributed by atoms with van der Waals surface area (Å²) in [5.74, 6) is 0.132. The van der Waals surface area contributed by atoms with Gasteiger partial charge in [0.1, 0.15) is 5.52 Å². The van der Waals surface area contributed by atoms with E-state index in [2.05, 4.69) is 9.17 Å². The fraction of sp³-hybridized carbons (Fsp3) is 0.100. The van der Waals surface area contributed by atoms with Gasteiger partial charge in [-0.15, -0.1) is 0 Å². The van der Waals surface area contributed by atoms with Gasteiger partial charge in [0.25, 0.3) is 0 Å². The third-order valence-corrected chi connectivity index (χ3v) is 2.57. The third-order valence-electron chi connectivity index (χ3n) is 2.00. The van der Waals surface area contributed by atoms with Crippen molar-refractivity contribution >= 4 is 30.9 Å². The minimum atomic E-state index is -4.05. The van der Waals surface area contributed by atoms with Gasteiger partial charge in [-0.25, -0.2) is 0 Å². The minimum absolute atomic E-state index is 0.132. The van der Waals surface area contributed by atoms with Crippen LogP contribution in [0.4, 0.5) is 0 Å². The summed E-state index contributed by atoms with van der Waals surface area (Å²) in [7, 11) is 0.975. The molecule has 0 saturated carbocycles. The van der Waals surface area contributed by atoms with Crippen LogP contribution in [0.15, 0.2) is 30.5 Å². The molecule has 0 amide bonds. The van der Waals surface area contributed by atoms with Gasteiger partial charge in [-0.05, 0) is 24.6 Å². The lowest BCUT2D eigenvalue weighted by atomic mass is 10.2. The standard InChI is InChI=1S/C10H8ClNO3S/c1-7-5-8-3-2-4-9(10(8)12-6-7)15-16(11,13)14/h2-6H,1H3. The zero-order valence-electron chi connectivity index (χ0n) is 8.34. The summed E-state index contributed by atoms with van der Waals surface area (Å²) < 4.78 is 26.3. The van der Waals surface area contributed by atoms with E-state index in [0.717, 1.165) is 10.9 Å². The van der Waals surface area contributed by atoms with E-state index in [-0.39, 0.29) is 5.75 Å². The van der Waals surface area contributed by atoms with Gasteiger partial charge < -0.3 is 4.18 Å². The van der Waals surface area contributed by atoms with Crippen molar-refractivity contribution in [3.05, 3.63) is 36.0 Å². The normalized spacial score (nSPS) is 11.6. The number of pyridine rings is 1. The number of para-hydroxylation sites is 1. The largest absolute Gasteiger partial charge is 0.401 e. The Morgan fingerprint density at radius 2 is 2.12 bits per heavy atom. The van der Waals surface area contributed by atoms with E-state index >= 15 is 0 Å². The lowest BCUT2D eigenvalue weighted by molar-refractivity contribution is 0.505. The molecule has 1 aromatic carbocycles. The Kier molecular flexibility index (Phi) is 2.73. The number of halogens is 1. The smallest absolute Gasteiger partial charge is 0.369 e. The molecule has 4 nitrogen and oxygen atoms in total. The molecule has 0 unspecified atom stereocenters. The summed E-state index contributed by atoms with van der Waals surface area (Å²) in [4.78, 5) is 4.12. The number of rotatable bonds is 2. The third kappa shape index (κ3) is 2.43. The Labute approximate surface area is 97.5 Å². The summed E-state index contributed by atoms with van der Waals surface area (Å²) >= 11 is 0. The first-order chi connectivity index (χ1) is 7.46. The van der Waals surface area contributed by atoms with Crippen LogP contribution in [0, 0.1) is 6.92 Å². The SMILES string of the molecule is Cc1cnc2c(OS(=O)(=O)Cl)cccc2c1. The van der Waals surface area contributed by atoms with Crippen molar-refractivity contribution in [1.82, 2.24) is 4.98 Å². The molecule has 0 saturated heterocycles. The lowest BCUT2D eigenvalue weighted by Gasteiger charge is -2.05. The first-order valence-corrected chi connectivity index (χ1v) is 6.68. The highest BCUT2D eigenvalue weighted by molar-refractivity contribution is 8.10. The maximum atomic E-state index is 10.8. The van der Waals surface area contributed by atoms with Crippen molar-refractivity contribution in [2.75, 3.05) is 0 Å². The number of fused-ring (bicyclic) bond motifs is 1. The molecule has 1 heterocycles. The lowest BCUT2D eigenvalue weighted by Crippen LogP contribution is -2.00. The number of nitrogens with zero attached hydrogens (tertiary/aromatic N) is 1. The van der Waals surface area contributed by atoms with E-state index in [4.69, 9.17) is 10.7 Å². The molecule has 0 fully saturated rings. The van der Waals surface area contributed by atoms with Gasteiger partial charge >= 0.3 is 9.33 Å². The topological polar surface area (TPSA) is 56.3 Å². The van der Waals surface area contributed by atoms with E-state index in [0.29, 0.717) is 5.52 Å². The monoisotopic (exact) mass is 257 g/mol. The molecule has 84 valence electrons. The molecule has 0 radical (unpaired) electrons. The van der Waals surface area contributed by atoms with Gasteiger partial charge in [-0.2, -0.15) is 8.42 Å². The molecule has 2 rings (SSSR count). The van der Waals surface area contributed by atoms with Crippen LogP contribution < -0.4 is 4.18 Å². The maximum absolute atomic E-state index is 10.8. The summed E-state index contributed by atoms with van der Waals surface area (Å²) in [6.45, 7) is 1.90. The van der Waals surface area contributed by atoms with Crippen LogP contribution in [-0.2, 0) is 9.33 Å². The van der Waals surface area contributed by atoms with Gasteiger partial charge in [0.15, 0.2) is 5.75 Å². The van der Waals surface area contributed by atoms with Crippen LogP contribution in [0.1, 0.15) is 5.56 Å². The summed E-state index contributed by atoms with van der Waals surface area (Å²) in [5, 5.41) is 0.804. The Morgan fingerprint density at radius 3 is 2.81 bits per heavy atom. The zero-order valence-corrected chi connectivity index (χ0v) is 9.92. The molecule has 0 aliphatic carbocycles. The van der Waals surface area contributed by atoms with E-state index in [9.17, 15) is 8.42 Å². The fourth-order valence-corrected chi connectivity index (χ4v) is 1.97. The predicted molar refractivity (Wildman–Crippen MR) is 61.9 cm³/mol. The second-order valence-electron chi connectivity index (χ2n) is 3.32. The Hall–Kier alpha value is -1.33. The quantitative estimate of drug-likeness (QED) is 0.776. The average Bonchev–Trinajstić information content (AvgIpc) is 2.15. The van der Waals surface area contributed by atoms with Gasteiger partial charge in [0.05, 0.1) is 10.7 Å². The molecule has 0 aliphatic heterocycles. The number of aromatic nitrogens is 1. The Balaban J connectivity index is 2.63. The molecule has 0 atom stereocenters. The van der Waals surface area contributed by atoms with Crippen LogP contribution in [-0.4, -0.2) is 13.4 Å². The van der Waals surface area contributed by atoms with Gasteiger partial charge in [-0.1, -0.05) is 12.1 Å². The van der Waals surface area contributed by atoms with Crippen LogP contribution in [0.25, 0.3) is 10.9 Å². The van der Waals surface area contributed by atoms with Gasteiger partial charge in [-0.3, -0.25) is 4.98 Å². The van der Waals surface area contributed by atoms with Crippen molar-refractivity contribution in [3.63, 3.8) is 0 Å². The highest BCUT2D eigenvalue weighted by Crippen LogP contribution is 2.25. The van der Waals surface area contributed by atoms with Crippen molar-refractivity contribution in [2.24, 2.45) is 0 Å². The minimum Gasteiger partial charge on any atom is -0.369 e. The summed E-state index contributed by atoms with van der Waals surface area (Å²) in [5.41, 5.74) is 1.45. The van der Waals surface area contributed by atoms with E-state index in [1.807, 2.05) is 19.1 Å². The van der Waals surface area contributed by atoms with Gasteiger partial charge in [0.2, 0.25) is 0 Å². The molecule has 0 bridgehead atoms. The molecular weight excluding hydrogens is 250 g/mol. The van der Waals surface area contributed by atoms with E-state index in [1.165, 1.54) is 6.07 Å². The van der Waals surface area contributed by atoms with E-state index in [1.54, 1.807) is 12.3 Å². The molecule has 0 N–H and O–H groups in total. The van der Waals surface area contributed by atoms with Crippen molar-refractivity contribution in [2.45, 2.75) is 6.92 Å². The number of hydrogen-bond donors (Lipinski definition) is 0. The predicted octanol–water partition coefficient (Wildman–Crippen LogP) is 2.41. The first-order valence-electron chi connectivity index (χ1n) is 4.45. The molecule has 2 aromatic rings.